The van der Waals surface area contributed by atoms with Gasteiger partial charge in [0.05, 0.1) is 5.69 Å². The van der Waals surface area contributed by atoms with Gasteiger partial charge in [-0.3, -0.25) is 0 Å². The number of piperidine rings is 1. The Morgan fingerprint density at radius 3 is 3.00 bits per heavy atom. The first-order chi connectivity index (χ1) is 9.51. The van der Waals surface area contributed by atoms with Gasteiger partial charge in [-0.05, 0) is 44.2 Å². The van der Waals surface area contributed by atoms with E-state index >= 15 is 0 Å². The van der Waals surface area contributed by atoms with Gasteiger partial charge in [0.1, 0.15) is 0 Å². The van der Waals surface area contributed by atoms with Crippen LogP contribution in [0.25, 0.3) is 0 Å². The third kappa shape index (κ3) is 3.41. The molecule has 0 bridgehead atoms. The number of aliphatic hydroxyl groups is 1. The van der Waals surface area contributed by atoms with E-state index in [-0.39, 0.29) is 18.6 Å². The summed E-state index contributed by atoms with van der Waals surface area (Å²) >= 11 is 6.09. The number of rotatable bonds is 2. The molecule has 0 aliphatic carbocycles. The minimum absolute atomic E-state index is 0.121. The molecule has 2 N–H and O–H groups in total. The Morgan fingerprint density at radius 1 is 1.60 bits per heavy atom. The molecule has 0 spiro atoms. The summed E-state index contributed by atoms with van der Waals surface area (Å²) in [5, 5.41) is 12.4. The predicted molar refractivity (Wildman–Crippen MR) is 79.1 cm³/mol. The number of nitrogens with one attached hydrogen (secondary N) is 1. The number of halogens is 1. The highest BCUT2D eigenvalue weighted by Gasteiger charge is 2.24. The Kier molecular flexibility index (Phi) is 4.83. The van der Waals surface area contributed by atoms with Crippen molar-refractivity contribution in [1.82, 2.24) is 9.88 Å². The van der Waals surface area contributed by atoms with Crippen LogP contribution in [0.5, 0.6) is 0 Å². The van der Waals surface area contributed by atoms with Crippen LogP contribution in [-0.2, 0) is 0 Å². The maximum atomic E-state index is 12.3. The molecule has 2 rings (SSSR count). The lowest BCUT2D eigenvalue weighted by molar-refractivity contribution is 0.136. The molecule has 1 fully saturated rings. The lowest BCUT2D eigenvalue weighted by Crippen LogP contribution is -2.43. The SMILES string of the molecule is Cc1cc(C)c(NC(=O)N2CCCC(CO)C2)c(Cl)n1. The molecule has 2 heterocycles. The van der Waals surface area contributed by atoms with Gasteiger partial charge in [0.15, 0.2) is 5.15 Å². The van der Waals surface area contributed by atoms with Crippen molar-refractivity contribution >= 4 is 23.3 Å². The van der Waals surface area contributed by atoms with Gasteiger partial charge < -0.3 is 15.3 Å². The molecule has 5 nitrogen and oxygen atoms in total. The van der Waals surface area contributed by atoms with Crippen LogP contribution in [0.15, 0.2) is 6.07 Å². The highest BCUT2D eigenvalue weighted by atomic mass is 35.5. The summed E-state index contributed by atoms with van der Waals surface area (Å²) in [7, 11) is 0. The van der Waals surface area contributed by atoms with Crippen molar-refractivity contribution in [3.63, 3.8) is 0 Å². The van der Waals surface area contributed by atoms with E-state index in [1.807, 2.05) is 19.9 Å². The van der Waals surface area contributed by atoms with Gasteiger partial charge >= 0.3 is 6.03 Å². The normalized spacial score (nSPS) is 19.0. The number of carbonyl (C=O) groups excluding carboxylic acids is 1. The first kappa shape index (κ1) is 15.1. The summed E-state index contributed by atoms with van der Waals surface area (Å²) in [6.07, 6.45) is 1.88. The van der Waals surface area contributed by atoms with E-state index in [2.05, 4.69) is 10.3 Å². The minimum Gasteiger partial charge on any atom is -0.396 e. The Balaban J connectivity index is 2.08. The second-order valence-corrected chi connectivity index (χ2v) is 5.67. The number of pyridine rings is 1. The summed E-state index contributed by atoms with van der Waals surface area (Å²) in [6.45, 7) is 5.16. The quantitative estimate of drug-likeness (QED) is 0.825. The largest absolute Gasteiger partial charge is 0.396 e. The van der Waals surface area contributed by atoms with E-state index in [9.17, 15) is 9.90 Å². The van der Waals surface area contributed by atoms with Gasteiger partial charge in [0.25, 0.3) is 0 Å². The number of anilines is 1. The molecule has 1 saturated heterocycles. The van der Waals surface area contributed by atoms with Crippen molar-refractivity contribution in [2.24, 2.45) is 5.92 Å². The molecule has 1 unspecified atom stereocenters. The van der Waals surface area contributed by atoms with E-state index in [0.717, 1.165) is 24.1 Å². The third-order valence-corrected chi connectivity index (χ3v) is 3.87. The average Bonchev–Trinajstić information content (AvgIpc) is 2.42. The molecule has 20 heavy (non-hydrogen) atoms. The number of aliphatic hydroxyl groups excluding tert-OH is 1. The highest BCUT2D eigenvalue weighted by molar-refractivity contribution is 6.32. The zero-order chi connectivity index (χ0) is 14.7. The van der Waals surface area contributed by atoms with E-state index < -0.39 is 0 Å². The second-order valence-electron chi connectivity index (χ2n) is 5.31. The number of hydrogen-bond donors (Lipinski definition) is 2. The molecule has 1 aliphatic rings. The average molecular weight is 298 g/mol. The standard InChI is InChI=1S/C14H20ClN3O2/c1-9-6-10(2)16-13(15)12(9)17-14(20)18-5-3-4-11(7-18)8-19/h6,11,19H,3-5,7-8H2,1-2H3,(H,17,20). The van der Waals surface area contributed by atoms with Crippen LogP contribution in [-0.4, -0.2) is 40.7 Å². The fourth-order valence-electron chi connectivity index (χ4n) is 2.53. The third-order valence-electron chi connectivity index (χ3n) is 3.60. The van der Waals surface area contributed by atoms with Gasteiger partial charge in [-0.2, -0.15) is 0 Å². The maximum absolute atomic E-state index is 12.3. The van der Waals surface area contributed by atoms with E-state index in [1.54, 1.807) is 4.90 Å². The highest BCUT2D eigenvalue weighted by Crippen LogP contribution is 2.25. The zero-order valence-electron chi connectivity index (χ0n) is 11.8. The lowest BCUT2D eigenvalue weighted by atomic mass is 9.99. The molecule has 1 aromatic rings. The molecule has 110 valence electrons. The van der Waals surface area contributed by atoms with Gasteiger partial charge in [-0.25, -0.2) is 9.78 Å². The summed E-state index contributed by atoms with van der Waals surface area (Å²) in [5.41, 5.74) is 2.28. The van der Waals surface area contributed by atoms with Gasteiger partial charge in [0.2, 0.25) is 0 Å². The molecular weight excluding hydrogens is 278 g/mol. The van der Waals surface area contributed by atoms with Gasteiger partial charge in [-0.15, -0.1) is 0 Å². The Bertz CT molecular complexity index is 484. The molecule has 2 amide bonds. The van der Waals surface area contributed by atoms with Crippen molar-refractivity contribution in [2.45, 2.75) is 26.7 Å². The van der Waals surface area contributed by atoms with E-state index in [0.29, 0.717) is 23.9 Å². The van der Waals surface area contributed by atoms with Crippen LogP contribution < -0.4 is 5.32 Å². The summed E-state index contributed by atoms with van der Waals surface area (Å²) in [5.74, 6) is 0.169. The van der Waals surface area contributed by atoms with Crippen LogP contribution in [0.3, 0.4) is 0 Å². The molecule has 0 radical (unpaired) electrons. The molecule has 1 aromatic heterocycles. The summed E-state index contributed by atoms with van der Waals surface area (Å²) in [6, 6.07) is 1.70. The minimum atomic E-state index is -0.182. The monoisotopic (exact) mass is 297 g/mol. The van der Waals surface area contributed by atoms with Crippen molar-refractivity contribution in [2.75, 3.05) is 25.0 Å². The first-order valence-corrected chi connectivity index (χ1v) is 7.19. The number of carbonyl (C=O) groups is 1. The van der Waals surface area contributed by atoms with Crippen LogP contribution in [0.1, 0.15) is 24.1 Å². The van der Waals surface area contributed by atoms with Crippen molar-refractivity contribution in [1.29, 1.82) is 0 Å². The zero-order valence-corrected chi connectivity index (χ0v) is 12.6. The Hall–Kier alpha value is -1.33. The molecule has 0 aromatic carbocycles. The van der Waals surface area contributed by atoms with Crippen molar-refractivity contribution in [3.05, 3.63) is 22.5 Å². The van der Waals surface area contributed by atoms with E-state index in [1.165, 1.54) is 0 Å². The topological polar surface area (TPSA) is 65.5 Å². The van der Waals surface area contributed by atoms with Gasteiger partial charge in [-0.1, -0.05) is 11.6 Å². The smallest absolute Gasteiger partial charge is 0.321 e. The number of urea groups is 1. The Labute approximate surface area is 123 Å². The lowest BCUT2D eigenvalue weighted by Gasteiger charge is -2.32. The fraction of sp³-hybridized carbons (Fsp3) is 0.571. The summed E-state index contributed by atoms with van der Waals surface area (Å²) < 4.78 is 0. The molecule has 6 heteroatoms. The van der Waals surface area contributed by atoms with Gasteiger partial charge in [0, 0.05) is 25.4 Å². The first-order valence-electron chi connectivity index (χ1n) is 6.81. The number of amides is 2. The second kappa shape index (κ2) is 6.41. The molecule has 1 atom stereocenters. The molecular formula is C14H20ClN3O2. The number of aryl methyl sites for hydroxylation is 2. The number of likely N-dealkylation sites (tertiary alicyclic amines) is 1. The fourth-order valence-corrected chi connectivity index (χ4v) is 2.86. The van der Waals surface area contributed by atoms with Crippen LogP contribution in [0.2, 0.25) is 5.15 Å². The van der Waals surface area contributed by atoms with Crippen molar-refractivity contribution in [3.8, 4) is 0 Å². The number of nitrogens with zero attached hydrogens (tertiary/aromatic N) is 2. The van der Waals surface area contributed by atoms with Crippen LogP contribution in [0, 0.1) is 19.8 Å². The number of aromatic nitrogens is 1. The van der Waals surface area contributed by atoms with E-state index in [4.69, 9.17) is 11.6 Å². The maximum Gasteiger partial charge on any atom is 0.321 e. The summed E-state index contributed by atoms with van der Waals surface area (Å²) in [4.78, 5) is 18.1. The number of hydrogen-bond acceptors (Lipinski definition) is 3. The van der Waals surface area contributed by atoms with Crippen LogP contribution in [0.4, 0.5) is 10.5 Å². The molecule has 0 saturated carbocycles. The Morgan fingerprint density at radius 2 is 2.35 bits per heavy atom. The predicted octanol–water partition coefficient (Wildman–Crippen LogP) is 2.59. The molecule has 1 aliphatic heterocycles. The van der Waals surface area contributed by atoms with Crippen molar-refractivity contribution < 1.29 is 9.90 Å². The van der Waals surface area contributed by atoms with Crippen LogP contribution >= 0.6 is 11.6 Å².